The van der Waals surface area contributed by atoms with Gasteiger partial charge in [0.25, 0.3) is 5.24 Å². The van der Waals surface area contributed by atoms with Gasteiger partial charge in [-0.3, -0.25) is 9.59 Å². The molecule has 1 aromatic carbocycles. The van der Waals surface area contributed by atoms with Gasteiger partial charge in [-0.25, -0.2) is 0 Å². The lowest BCUT2D eigenvalue weighted by Crippen LogP contribution is -2.24. The Kier molecular flexibility index (Phi) is 5.50. The molecule has 18 heavy (non-hydrogen) atoms. The lowest BCUT2D eigenvalue weighted by Gasteiger charge is -2.19. The largest absolute Gasteiger partial charge is 0.468 e. The highest BCUT2D eigenvalue weighted by molar-refractivity contribution is 8.14. The molecule has 1 rings (SSSR count). The van der Waals surface area contributed by atoms with Crippen LogP contribution >= 0.6 is 23.4 Å². The molecular formula is C12H14ClNO3S. The van der Waals surface area contributed by atoms with E-state index in [1.165, 1.54) is 12.0 Å². The third-order valence-electron chi connectivity index (χ3n) is 2.42. The predicted octanol–water partition coefficient (Wildman–Crippen LogP) is 3.11. The quantitative estimate of drug-likeness (QED) is 0.802. The summed E-state index contributed by atoms with van der Waals surface area (Å²) in [4.78, 5) is 24.3. The molecule has 4 nitrogen and oxygen atoms in total. The Balaban J connectivity index is 2.74. The minimum absolute atomic E-state index is 0.000708. The van der Waals surface area contributed by atoms with Crippen LogP contribution in [0.15, 0.2) is 18.2 Å². The molecule has 0 aliphatic heterocycles. The number of hydrogen-bond acceptors (Lipinski definition) is 4. The smallest absolute Gasteiger partial charge is 0.316 e. The minimum atomic E-state index is -0.426. The van der Waals surface area contributed by atoms with E-state index in [0.717, 1.165) is 23.0 Å². The Bertz CT molecular complexity index is 465. The summed E-state index contributed by atoms with van der Waals surface area (Å²) < 4.78 is 4.48. The van der Waals surface area contributed by atoms with Gasteiger partial charge in [0.05, 0.1) is 7.11 Å². The number of methoxy groups -OCH3 is 1. The second-order valence-electron chi connectivity index (χ2n) is 3.57. The molecule has 0 aliphatic carbocycles. The van der Waals surface area contributed by atoms with Crippen molar-refractivity contribution < 1.29 is 14.3 Å². The molecular weight excluding hydrogens is 274 g/mol. The van der Waals surface area contributed by atoms with E-state index in [9.17, 15) is 9.59 Å². The van der Waals surface area contributed by atoms with Crippen LogP contribution in [0, 0.1) is 6.92 Å². The lowest BCUT2D eigenvalue weighted by molar-refractivity contribution is -0.137. The highest BCUT2D eigenvalue weighted by atomic mass is 35.5. The molecule has 1 aromatic rings. The number of thioether (sulfide) groups is 1. The Morgan fingerprint density at radius 2 is 2.11 bits per heavy atom. The van der Waals surface area contributed by atoms with Gasteiger partial charge in [-0.2, -0.15) is 0 Å². The second kappa shape index (κ2) is 6.66. The van der Waals surface area contributed by atoms with Crippen molar-refractivity contribution in [3.63, 3.8) is 0 Å². The van der Waals surface area contributed by atoms with Crippen molar-refractivity contribution in [2.24, 2.45) is 0 Å². The number of carbonyl (C=O) groups is 2. The standard InChI is InChI=1S/C12H14ClNO3S/c1-8-9(13)5-4-6-10(8)14(2)12(16)18-7-11(15)17-3/h4-6H,7H2,1-3H3. The Labute approximate surface area is 115 Å². The van der Waals surface area contributed by atoms with E-state index in [1.807, 2.05) is 6.92 Å². The van der Waals surface area contributed by atoms with Crippen LogP contribution in [-0.2, 0) is 9.53 Å². The van der Waals surface area contributed by atoms with E-state index in [4.69, 9.17) is 11.6 Å². The first-order valence-corrected chi connectivity index (χ1v) is 6.56. The first-order chi connectivity index (χ1) is 8.47. The Morgan fingerprint density at radius 1 is 1.44 bits per heavy atom. The number of anilines is 1. The van der Waals surface area contributed by atoms with E-state index in [-0.39, 0.29) is 11.0 Å². The first kappa shape index (κ1) is 14.9. The first-order valence-electron chi connectivity index (χ1n) is 5.19. The van der Waals surface area contributed by atoms with Gasteiger partial charge in [-0.15, -0.1) is 0 Å². The van der Waals surface area contributed by atoms with Crippen LogP contribution in [-0.4, -0.2) is 31.1 Å². The molecule has 0 saturated carbocycles. The number of halogens is 1. The molecule has 0 radical (unpaired) electrons. The maximum atomic E-state index is 11.9. The van der Waals surface area contributed by atoms with Gasteiger partial charge in [-0.05, 0) is 24.6 Å². The molecule has 0 fully saturated rings. The van der Waals surface area contributed by atoms with Crippen LogP contribution in [0.25, 0.3) is 0 Å². The van der Waals surface area contributed by atoms with Crippen LogP contribution in [0.5, 0.6) is 0 Å². The number of esters is 1. The van der Waals surface area contributed by atoms with Crippen molar-refractivity contribution in [1.82, 2.24) is 0 Å². The number of ether oxygens (including phenoxy) is 1. The van der Waals surface area contributed by atoms with Crippen molar-refractivity contribution in [3.8, 4) is 0 Å². The van der Waals surface area contributed by atoms with Crippen molar-refractivity contribution in [1.29, 1.82) is 0 Å². The van der Waals surface area contributed by atoms with E-state index in [2.05, 4.69) is 4.74 Å². The highest BCUT2D eigenvalue weighted by Gasteiger charge is 2.16. The van der Waals surface area contributed by atoms with Crippen molar-refractivity contribution in [3.05, 3.63) is 28.8 Å². The zero-order valence-electron chi connectivity index (χ0n) is 10.4. The van der Waals surface area contributed by atoms with Gasteiger partial charge in [0, 0.05) is 17.8 Å². The number of carbonyl (C=O) groups excluding carboxylic acids is 2. The summed E-state index contributed by atoms with van der Waals surface area (Å²) in [5.74, 6) is -0.427. The van der Waals surface area contributed by atoms with E-state index < -0.39 is 5.97 Å². The molecule has 0 spiro atoms. The van der Waals surface area contributed by atoms with Crippen LogP contribution < -0.4 is 4.90 Å². The maximum Gasteiger partial charge on any atom is 0.316 e. The van der Waals surface area contributed by atoms with Gasteiger partial charge < -0.3 is 9.64 Å². The van der Waals surface area contributed by atoms with E-state index in [1.54, 1.807) is 25.2 Å². The summed E-state index contributed by atoms with van der Waals surface area (Å²) in [5, 5.41) is 0.371. The Morgan fingerprint density at radius 3 is 2.72 bits per heavy atom. The second-order valence-corrected chi connectivity index (χ2v) is 4.91. The number of amides is 1. The van der Waals surface area contributed by atoms with Crippen molar-refractivity contribution in [2.75, 3.05) is 24.8 Å². The van der Waals surface area contributed by atoms with Crippen molar-refractivity contribution >= 4 is 40.3 Å². The third kappa shape index (κ3) is 3.65. The normalized spacial score (nSPS) is 10.0. The van der Waals surface area contributed by atoms with Gasteiger partial charge in [-0.1, -0.05) is 29.4 Å². The monoisotopic (exact) mass is 287 g/mol. The van der Waals surface area contributed by atoms with Crippen LogP contribution in [0.1, 0.15) is 5.56 Å². The summed E-state index contributed by atoms with van der Waals surface area (Å²) >= 11 is 6.89. The van der Waals surface area contributed by atoms with Crippen LogP contribution in [0.2, 0.25) is 5.02 Å². The van der Waals surface area contributed by atoms with E-state index >= 15 is 0 Å². The molecule has 98 valence electrons. The maximum absolute atomic E-state index is 11.9. The molecule has 0 unspecified atom stereocenters. The fourth-order valence-corrected chi connectivity index (χ4v) is 2.15. The zero-order valence-corrected chi connectivity index (χ0v) is 12.0. The molecule has 0 bridgehead atoms. The predicted molar refractivity (Wildman–Crippen MR) is 74.5 cm³/mol. The van der Waals surface area contributed by atoms with Gasteiger partial charge >= 0.3 is 5.97 Å². The molecule has 1 amide bonds. The fraction of sp³-hybridized carbons (Fsp3) is 0.333. The van der Waals surface area contributed by atoms with Gasteiger partial charge in [0.1, 0.15) is 5.75 Å². The molecule has 0 atom stereocenters. The molecule has 0 saturated heterocycles. The fourth-order valence-electron chi connectivity index (χ4n) is 1.33. The molecule has 0 aliphatic rings. The molecule has 0 heterocycles. The van der Waals surface area contributed by atoms with Gasteiger partial charge in [0.2, 0.25) is 0 Å². The summed E-state index contributed by atoms with van der Waals surface area (Å²) in [5.41, 5.74) is 1.55. The summed E-state index contributed by atoms with van der Waals surface area (Å²) in [6.07, 6.45) is 0. The minimum Gasteiger partial charge on any atom is -0.468 e. The lowest BCUT2D eigenvalue weighted by atomic mass is 10.2. The third-order valence-corrected chi connectivity index (χ3v) is 3.73. The molecule has 6 heteroatoms. The summed E-state index contributed by atoms with van der Waals surface area (Å²) in [6.45, 7) is 1.84. The van der Waals surface area contributed by atoms with Crippen molar-refractivity contribution in [2.45, 2.75) is 6.92 Å². The number of nitrogens with zero attached hydrogens (tertiary/aromatic N) is 1. The summed E-state index contributed by atoms with van der Waals surface area (Å²) in [6, 6.07) is 5.34. The zero-order chi connectivity index (χ0) is 13.7. The number of benzene rings is 1. The average Bonchev–Trinajstić information content (AvgIpc) is 2.37. The number of hydrogen-bond donors (Lipinski definition) is 0. The average molecular weight is 288 g/mol. The van der Waals surface area contributed by atoms with E-state index in [0.29, 0.717) is 5.02 Å². The Hall–Kier alpha value is -1.20. The number of rotatable bonds is 3. The topological polar surface area (TPSA) is 46.6 Å². The molecule has 0 aromatic heterocycles. The highest BCUT2D eigenvalue weighted by Crippen LogP contribution is 2.27. The SMILES string of the molecule is COC(=O)CSC(=O)N(C)c1cccc(Cl)c1C. The summed E-state index contributed by atoms with van der Waals surface area (Å²) in [7, 11) is 2.93. The van der Waals surface area contributed by atoms with Crippen LogP contribution in [0.3, 0.4) is 0 Å². The molecule has 0 N–H and O–H groups in total. The van der Waals surface area contributed by atoms with Crippen LogP contribution in [0.4, 0.5) is 10.5 Å². The van der Waals surface area contributed by atoms with Gasteiger partial charge in [0.15, 0.2) is 0 Å².